The molecule has 2 heterocycles. The van der Waals surface area contributed by atoms with Crippen molar-refractivity contribution in [2.24, 2.45) is 0 Å². The monoisotopic (exact) mass is 455 g/mol. The SMILES string of the molecule is CCCCNCCCCOc1c(C)nc(Cc2ccc(O)cc2)c(CO)c1CN1CCCC1. The van der Waals surface area contributed by atoms with Gasteiger partial charge in [-0.3, -0.25) is 9.88 Å². The number of nitrogens with zero attached hydrogens (tertiary/aromatic N) is 2. The number of benzene rings is 1. The fourth-order valence-electron chi connectivity index (χ4n) is 4.47. The van der Waals surface area contributed by atoms with Crippen LogP contribution in [0.2, 0.25) is 0 Å². The fraction of sp³-hybridized carbons (Fsp3) is 0.593. The van der Waals surface area contributed by atoms with E-state index in [4.69, 9.17) is 9.72 Å². The van der Waals surface area contributed by atoms with Gasteiger partial charge in [-0.2, -0.15) is 0 Å². The van der Waals surface area contributed by atoms with Crippen LogP contribution >= 0.6 is 0 Å². The number of aromatic nitrogens is 1. The maximum Gasteiger partial charge on any atom is 0.145 e. The van der Waals surface area contributed by atoms with E-state index in [1.807, 2.05) is 19.1 Å². The van der Waals surface area contributed by atoms with Gasteiger partial charge in [-0.05, 0) is 82.9 Å². The first-order chi connectivity index (χ1) is 16.1. The Bertz CT molecular complexity index is 849. The maximum absolute atomic E-state index is 10.4. The quantitative estimate of drug-likeness (QED) is 0.368. The molecule has 0 spiro atoms. The number of phenolic OH excluding ortho intramolecular Hbond substituents is 1. The Balaban J connectivity index is 1.75. The number of ether oxygens (including phenoxy) is 1. The molecule has 6 heteroatoms. The van der Waals surface area contributed by atoms with Gasteiger partial charge in [0.1, 0.15) is 11.5 Å². The van der Waals surface area contributed by atoms with E-state index in [1.165, 1.54) is 25.7 Å². The average Bonchev–Trinajstić information content (AvgIpc) is 3.32. The van der Waals surface area contributed by atoms with Gasteiger partial charge < -0.3 is 20.3 Å². The minimum absolute atomic E-state index is 0.0540. The zero-order valence-corrected chi connectivity index (χ0v) is 20.4. The van der Waals surface area contributed by atoms with Crippen LogP contribution < -0.4 is 10.1 Å². The summed E-state index contributed by atoms with van der Waals surface area (Å²) in [6, 6.07) is 7.21. The van der Waals surface area contributed by atoms with E-state index in [0.717, 1.165) is 79.4 Å². The summed E-state index contributed by atoms with van der Waals surface area (Å²) in [7, 11) is 0. The van der Waals surface area contributed by atoms with Crippen molar-refractivity contribution in [1.82, 2.24) is 15.2 Å². The maximum atomic E-state index is 10.4. The number of unbranched alkanes of at least 4 members (excludes halogenated alkanes) is 2. The summed E-state index contributed by atoms with van der Waals surface area (Å²) in [5, 5.41) is 23.4. The van der Waals surface area contributed by atoms with Crippen LogP contribution in [0.25, 0.3) is 0 Å². The van der Waals surface area contributed by atoms with E-state index in [1.54, 1.807) is 12.1 Å². The molecule has 0 atom stereocenters. The molecule has 6 nitrogen and oxygen atoms in total. The van der Waals surface area contributed by atoms with Crippen LogP contribution in [0.3, 0.4) is 0 Å². The van der Waals surface area contributed by atoms with Gasteiger partial charge >= 0.3 is 0 Å². The minimum Gasteiger partial charge on any atom is -0.508 e. The van der Waals surface area contributed by atoms with E-state index < -0.39 is 0 Å². The number of likely N-dealkylation sites (tertiary alicyclic amines) is 1. The van der Waals surface area contributed by atoms with Crippen molar-refractivity contribution in [3.8, 4) is 11.5 Å². The Hall–Kier alpha value is -2.15. The molecule has 0 bridgehead atoms. The molecule has 0 unspecified atom stereocenters. The molecule has 33 heavy (non-hydrogen) atoms. The third-order valence-electron chi connectivity index (χ3n) is 6.37. The van der Waals surface area contributed by atoms with Crippen LogP contribution in [0.15, 0.2) is 24.3 Å². The molecule has 1 aliphatic heterocycles. The molecular formula is C27H41N3O3. The summed E-state index contributed by atoms with van der Waals surface area (Å²) in [5.74, 6) is 1.10. The molecule has 1 saturated heterocycles. The lowest BCUT2D eigenvalue weighted by Gasteiger charge is -2.23. The molecular weight excluding hydrogens is 414 g/mol. The number of aliphatic hydroxyl groups excluding tert-OH is 1. The van der Waals surface area contributed by atoms with Gasteiger partial charge in [0, 0.05) is 24.1 Å². The van der Waals surface area contributed by atoms with Gasteiger partial charge in [-0.25, -0.2) is 0 Å². The van der Waals surface area contributed by atoms with E-state index >= 15 is 0 Å². The minimum atomic E-state index is -0.0540. The first-order valence-corrected chi connectivity index (χ1v) is 12.6. The van der Waals surface area contributed by atoms with Crippen molar-refractivity contribution in [3.05, 3.63) is 52.3 Å². The van der Waals surface area contributed by atoms with Crippen LogP contribution in [0, 0.1) is 6.92 Å². The Morgan fingerprint density at radius 2 is 1.76 bits per heavy atom. The molecule has 0 aliphatic carbocycles. The number of phenols is 1. The Morgan fingerprint density at radius 1 is 1.03 bits per heavy atom. The smallest absolute Gasteiger partial charge is 0.145 e. The van der Waals surface area contributed by atoms with Gasteiger partial charge in [0.05, 0.1) is 24.6 Å². The lowest BCUT2D eigenvalue weighted by molar-refractivity contribution is 0.261. The summed E-state index contributed by atoms with van der Waals surface area (Å²) in [4.78, 5) is 7.31. The van der Waals surface area contributed by atoms with Crippen molar-refractivity contribution in [2.45, 2.75) is 71.9 Å². The molecule has 1 fully saturated rings. The zero-order chi connectivity index (χ0) is 23.5. The highest BCUT2D eigenvalue weighted by atomic mass is 16.5. The van der Waals surface area contributed by atoms with Crippen molar-refractivity contribution in [1.29, 1.82) is 0 Å². The Labute approximate surface area is 199 Å². The van der Waals surface area contributed by atoms with Crippen LogP contribution in [-0.2, 0) is 19.6 Å². The second-order valence-electron chi connectivity index (χ2n) is 9.07. The van der Waals surface area contributed by atoms with Crippen LogP contribution in [0.5, 0.6) is 11.5 Å². The standard InChI is InChI=1S/C27H41N3O3/c1-3-4-13-28-14-5-8-17-33-27-21(2)29-26(18-22-9-11-23(32)12-10-22)25(20-31)24(27)19-30-15-6-7-16-30/h9-12,28,31-32H,3-8,13-20H2,1-2H3. The predicted molar refractivity (Wildman–Crippen MR) is 133 cm³/mol. The van der Waals surface area contributed by atoms with Gasteiger partial charge in [-0.15, -0.1) is 0 Å². The molecule has 2 aromatic rings. The van der Waals surface area contributed by atoms with Gasteiger partial charge in [-0.1, -0.05) is 25.5 Å². The lowest BCUT2D eigenvalue weighted by Crippen LogP contribution is -2.22. The average molecular weight is 456 g/mol. The third-order valence-corrected chi connectivity index (χ3v) is 6.37. The summed E-state index contributed by atoms with van der Waals surface area (Å²) < 4.78 is 6.31. The number of hydrogen-bond donors (Lipinski definition) is 3. The second kappa shape index (κ2) is 13.5. The Kier molecular flexibility index (Phi) is 10.4. The molecule has 1 aliphatic rings. The van der Waals surface area contributed by atoms with Crippen LogP contribution in [0.1, 0.15) is 73.5 Å². The Morgan fingerprint density at radius 3 is 2.45 bits per heavy atom. The molecule has 3 rings (SSSR count). The summed E-state index contributed by atoms with van der Waals surface area (Å²) >= 11 is 0. The molecule has 1 aromatic heterocycles. The first-order valence-electron chi connectivity index (χ1n) is 12.6. The molecule has 0 saturated carbocycles. The fourth-order valence-corrected chi connectivity index (χ4v) is 4.47. The number of nitrogens with one attached hydrogen (secondary N) is 1. The molecule has 182 valence electrons. The predicted octanol–water partition coefficient (Wildman–Crippen LogP) is 4.32. The normalized spacial score (nSPS) is 14.2. The number of aliphatic hydroxyl groups is 1. The van der Waals surface area contributed by atoms with Crippen LogP contribution in [0.4, 0.5) is 0 Å². The largest absolute Gasteiger partial charge is 0.508 e. The van der Waals surface area contributed by atoms with Gasteiger partial charge in [0.2, 0.25) is 0 Å². The van der Waals surface area contributed by atoms with Gasteiger partial charge in [0.25, 0.3) is 0 Å². The number of aromatic hydroxyl groups is 1. The second-order valence-corrected chi connectivity index (χ2v) is 9.07. The number of hydrogen-bond acceptors (Lipinski definition) is 6. The highest BCUT2D eigenvalue weighted by Crippen LogP contribution is 2.32. The summed E-state index contributed by atoms with van der Waals surface area (Å²) in [6.07, 6.45) is 7.59. The number of rotatable bonds is 14. The molecule has 0 radical (unpaired) electrons. The van der Waals surface area contributed by atoms with Crippen LogP contribution in [-0.4, -0.2) is 52.9 Å². The van der Waals surface area contributed by atoms with Crippen molar-refractivity contribution in [2.75, 3.05) is 32.8 Å². The van der Waals surface area contributed by atoms with E-state index in [9.17, 15) is 10.2 Å². The number of pyridine rings is 1. The lowest BCUT2D eigenvalue weighted by atomic mass is 9.98. The van der Waals surface area contributed by atoms with Crippen molar-refractivity contribution >= 4 is 0 Å². The third kappa shape index (κ3) is 7.70. The summed E-state index contributed by atoms with van der Waals surface area (Å²) in [5.41, 5.74) is 4.81. The van der Waals surface area contributed by atoms with E-state index in [-0.39, 0.29) is 12.4 Å². The molecule has 0 amide bonds. The molecule has 1 aromatic carbocycles. The summed E-state index contributed by atoms with van der Waals surface area (Å²) in [6.45, 7) is 9.89. The number of aryl methyl sites for hydroxylation is 1. The zero-order valence-electron chi connectivity index (χ0n) is 20.4. The molecule has 3 N–H and O–H groups in total. The van der Waals surface area contributed by atoms with Crippen molar-refractivity contribution in [3.63, 3.8) is 0 Å². The van der Waals surface area contributed by atoms with E-state index in [2.05, 4.69) is 17.1 Å². The highest BCUT2D eigenvalue weighted by molar-refractivity contribution is 5.46. The van der Waals surface area contributed by atoms with Crippen molar-refractivity contribution < 1.29 is 14.9 Å². The first kappa shape index (κ1) is 25.5. The van der Waals surface area contributed by atoms with Gasteiger partial charge in [0.15, 0.2) is 0 Å². The highest BCUT2D eigenvalue weighted by Gasteiger charge is 2.22. The topological polar surface area (TPSA) is 77.8 Å². The van der Waals surface area contributed by atoms with E-state index in [0.29, 0.717) is 13.0 Å².